The summed E-state index contributed by atoms with van der Waals surface area (Å²) >= 11 is 1.79. The highest BCUT2D eigenvalue weighted by Gasteiger charge is 2.38. The average molecular weight is 253 g/mol. The zero-order valence-electron chi connectivity index (χ0n) is 10.1. The van der Waals surface area contributed by atoms with Crippen molar-refractivity contribution in [2.45, 2.75) is 42.0 Å². The Balaban J connectivity index is 1.93. The first-order chi connectivity index (χ1) is 8.28. The zero-order valence-corrected chi connectivity index (χ0v) is 10.9. The van der Waals surface area contributed by atoms with Crippen molar-refractivity contribution in [3.05, 3.63) is 18.6 Å². The molecule has 1 aliphatic rings. The van der Waals surface area contributed by atoms with Gasteiger partial charge >= 0.3 is 0 Å². The van der Waals surface area contributed by atoms with E-state index in [-0.39, 0.29) is 12.1 Å². The van der Waals surface area contributed by atoms with Crippen LogP contribution >= 0.6 is 11.8 Å². The molecule has 0 spiro atoms. The number of nitrogens with zero attached hydrogens (tertiary/aromatic N) is 2. The van der Waals surface area contributed by atoms with Gasteiger partial charge < -0.3 is 10.4 Å². The summed E-state index contributed by atoms with van der Waals surface area (Å²) in [6.45, 7) is 3.22. The fourth-order valence-corrected chi connectivity index (χ4v) is 3.66. The van der Waals surface area contributed by atoms with Crippen LogP contribution in [0.4, 0.5) is 0 Å². The molecule has 1 saturated carbocycles. The molecule has 0 bridgehead atoms. The second-order valence-electron chi connectivity index (χ2n) is 4.50. The van der Waals surface area contributed by atoms with Gasteiger partial charge in [-0.2, -0.15) is 0 Å². The van der Waals surface area contributed by atoms with Crippen molar-refractivity contribution in [3.8, 4) is 0 Å². The van der Waals surface area contributed by atoms with E-state index in [1.54, 1.807) is 24.3 Å². The van der Waals surface area contributed by atoms with Gasteiger partial charge in [-0.3, -0.25) is 0 Å². The molecule has 1 aromatic heterocycles. The van der Waals surface area contributed by atoms with E-state index >= 15 is 0 Å². The molecule has 2 atom stereocenters. The third-order valence-electron chi connectivity index (χ3n) is 3.26. The number of thioether (sulfide) groups is 1. The minimum Gasteiger partial charge on any atom is -0.394 e. The van der Waals surface area contributed by atoms with Crippen molar-refractivity contribution in [1.29, 1.82) is 0 Å². The number of aliphatic hydroxyl groups excluding tert-OH is 1. The lowest BCUT2D eigenvalue weighted by Gasteiger charge is -2.27. The molecule has 4 nitrogen and oxygen atoms in total. The van der Waals surface area contributed by atoms with Gasteiger partial charge in [-0.05, 0) is 31.9 Å². The van der Waals surface area contributed by atoms with E-state index < -0.39 is 0 Å². The highest BCUT2D eigenvalue weighted by molar-refractivity contribution is 7.99. The highest BCUT2D eigenvalue weighted by atomic mass is 32.2. The fourth-order valence-electron chi connectivity index (χ4n) is 2.43. The van der Waals surface area contributed by atoms with Gasteiger partial charge in [-0.15, -0.1) is 11.8 Å². The lowest BCUT2D eigenvalue weighted by Crippen LogP contribution is -2.46. The molecule has 1 heterocycles. The minimum atomic E-state index is -0.0700. The van der Waals surface area contributed by atoms with Crippen LogP contribution < -0.4 is 5.32 Å². The summed E-state index contributed by atoms with van der Waals surface area (Å²) in [7, 11) is 0. The molecule has 0 saturated heterocycles. The van der Waals surface area contributed by atoms with E-state index in [1.807, 2.05) is 6.07 Å². The van der Waals surface area contributed by atoms with E-state index in [2.05, 4.69) is 22.2 Å². The summed E-state index contributed by atoms with van der Waals surface area (Å²) in [5.41, 5.74) is -0.0700. The normalized spacial score (nSPS) is 28.5. The van der Waals surface area contributed by atoms with Gasteiger partial charge in [0.2, 0.25) is 0 Å². The van der Waals surface area contributed by atoms with Crippen molar-refractivity contribution in [2.24, 2.45) is 0 Å². The molecule has 0 aromatic carbocycles. The first-order valence-electron chi connectivity index (χ1n) is 6.06. The Labute approximate surface area is 106 Å². The third-order valence-corrected chi connectivity index (χ3v) is 4.48. The highest BCUT2D eigenvalue weighted by Crippen LogP contribution is 2.39. The maximum Gasteiger partial charge on any atom is 0.116 e. The molecular formula is C12H19N3OS. The summed E-state index contributed by atoms with van der Waals surface area (Å²) in [4.78, 5) is 8.15. The Morgan fingerprint density at radius 3 is 3.18 bits per heavy atom. The Kier molecular flexibility index (Phi) is 4.36. The molecule has 2 N–H and O–H groups in total. The van der Waals surface area contributed by atoms with Crippen LogP contribution in [-0.2, 0) is 0 Å². The lowest BCUT2D eigenvalue weighted by atomic mass is 9.99. The summed E-state index contributed by atoms with van der Waals surface area (Å²) in [6, 6.07) is 1.94. The maximum absolute atomic E-state index is 9.53. The SMILES string of the molecule is CCNC1(CO)CCC(Sc2ccncn2)C1. The summed E-state index contributed by atoms with van der Waals surface area (Å²) in [6.07, 6.45) is 6.53. The van der Waals surface area contributed by atoms with E-state index in [4.69, 9.17) is 0 Å². The molecular weight excluding hydrogens is 234 g/mol. The molecule has 94 valence electrons. The van der Waals surface area contributed by atoms with Crippen LogP contribution in [0.5, 0.6) is 0 Å². The van der Waals surface area contributed by atoms with Crippen LogP contribution in [-0.4, -0.2) is 39.0 Å². The predicted molar refractivity (Wildman–Crippen MR) is 69.0 cm³/mol. The van der Waals surface area contributed by atoms with Crippen LogP contribution in [0, 0.1) is 0 Å². The Bertz CT molecular complexity index is 349. The Morgan fingerprint density at radius 2 is 2.53 bits per heavy atom. The van der Waals surface area contributed by atoms with Crippen LogP contribution in [0.1, 0.15) is 26.2 Å². The van der Waals surface area contributed by atoms with Gasteiger partial charge in [-0.1, -0.05) is 6.92 Å². The van der Waals surface area contributed by atoms with Gasteiger partial charge in [0.15, 0.2) is 0 Å². The molecule has 1 aromatic rings. The molecule has 5 heteroatoms. The van der Waals surface area contributed by atoms with Crippen molar-refractivity contribution in [2.75, 3.05) is 13.2 Å². The standard InChI is InChI=1S/C12H19N3OS/c1-2-15-12(8-16)5-3-10(7-12)17-11-4-6-13-9-14-11/h4,6,9-10,15-16H,2-3,5,7-8H2,1H3. The van der Waals surface area contributed by atoms with Crippen LogP contribution in [0.2, 0.25) is 0 Å². The van der Waals surface area contributed by atoms with E-state index in [0.717, 1.165) is 30.8 Å². The maximum atomic E-state index is 9.53. The summed E-state index contributed by atoms with van der Waals surface area (Å²) < 4.78 is 0. The first kappa shape index (κ1) is 12.8. The molecule has 2 unspecified atom stereocenters. The molecule has 1 fully saturated rings. The molecule has 0 radical (unpaired) electrons. The largest absolute Gasteiger partial charge is 0.394 e. The predicted octanol–water partition coefficient (Wildman–Crippen LogP) is 1.46. The zero-order chi connectivity index (χ0) is 12.1. The van der Waals surface area contributed by atoms with Gasteiger partial charge in [0.25, 0.3) is 0 Å². The number of nitrogens with one attached hydrogen (secondary N) is 1. The van der Waals surface area contributed by atoms with Crippen molar-refractivity contribution in [1.82, 2.24) is 15.3 Å². The Hall–Kier alpha value is -0.650. The summed E-state index contributed by atoms with van der Waals surface area (Å²) in [5.74, 6) is 0. The quantitative estimate of drug-likeness (QED) is 0.778. The van der Waals surface area contributed by atoms with Crippen LogP contribution in [0.15, 0.2) is 23.6 Å². The van der Waals surface area contributed by atoms with E-state index in [0.29, 0.717) is 5.25 Å². The topological polar surface area (TPSA) is 58.0 Å². The number of hydrogen-bond acceptors (Lipinski definition) is 5. The molecule has 2 rings (SSSR count). The molecule has 17 heavy (non-hydrogen) atoms. The van der Waals surface area contributed by atoms with E-state index in [1.165, 1.54) is 0 Å². The van der Waals surface area contributed by atoms with Crippen molar-refractivity contribution in [3.63, 3.8) is 0 Å². The van der Waals surface area contributed by atoms with Crippen LogP contribution in [0.3, 0.4) is 0 Å². The molecule has 0 amide bonds. The van der Waals surface area contributed by atoms with Crippen molar-refractivity contribution < 1.29 is 5.11 Å². The van der Waals surface area contributed by atoms with Gasteiger partial charge in [-0.25, -0.2) is 9.97 Å². The average Bonchev–Trinajstić information content (AvgIpc) is 2.75. The van der Waals surface area contributed by atoms with Gasteiger partial charge in [0.05, 0.1) is 11.6 Å². The molecule has 1 aliphatic carbocycles. The third kappa shape index (κ3) is 3.18. The minimum absolute atomic E-state index is 0.0700. The second-order valence-corrected chi connectivity index (χ2v) is 5.82. The number of hydrogen-bond donors (Lipinski definition) is 2. The van der Waals surface area contributed by atoms with Crippen molar-refractivity contribution >= 4 is 11.8 Å². The molecule has 0 aliphatic heterocycles. The number of aromatic nitrogens is 2. The van der Waals surface area contributed by atoms with Gasteiger partial charge in [0, 0.05) is 17.0 Å². The number of aliphatic hydroxyl groups is 1. The second kappa shape index (κ2) is 5.80. The number of likely N-dealkylation sites (N-methyl/N-ethyl adjacent to an activating group) is 1. The van der Waals surface area contributed by atoms with Gasteiger partial charge in [0.1, 0.15) is 6.33 Å². The number of rotatable bonds is 5. The monoisotopic (exact) mass is 253 g/mol. The summed E-state index contributed by atoms with van der Waals surface area (Å²) in [5, 5.41) is 14.5. The fraction of sp³-hybridized carbons (Fsp3) is 0.667. The smallest absolute Gasteiger partial charge is 0.116 e. The van der Waals surface area contributed by atoms with Crippen LogP contribution in [0.25, 0.3) is 0 Å². The Morgan fingerprint density at radius 1 is 1.65 bits per heavy atom. The lowest BCUT2D eigenvalue weighted by molar-refractivity contribution is 0.167. The first-order valence-corrected chi connectivity index (χ1v) is 6.94. The van der Waals surface area contributed by atoms with E-state index in [9.17, 15) is 5.11 Å².